The maximum Gasteiger partial charge on any atom is 0.337 e. The predicted molar refractivity (Wildman–Crippen MR) is 88.6 cm³/mol. The number of halogens is 4. The van der Waals surface area contributed by atoms with E-state index in [2.05, 4.69) is 4.74 Å². The van der Waals surface area contributed by atoms with Gasteiger partial charge in [-0.15, -0.1) is 0 Å². The minimum absolute atomic E-state index is 0.160. The van der Waals surface area contributed by atoms with Gasteiger partial charge in [-0.05, 0) is 24.3 Å². The number of esters is 1. The minimum Gasteiger partial charge on any atom is -0.486 e. The molecule has 116 valence electrons. The predicted octanol–water partition coefficient (Wildman–Crippen LogP) is 5.67. The van der Waals surface area contributed by atoms with Crippen molar-refractivity contribution in [1.82, 2.24) is 0 Å². The molecule has 0 aromatic heterocycles. The summed E-state index contributed by atoms with van der Waals surface area (Å²) in [4.78, 5) is 11.5. The van der Waals surface area contributed by atoms with Crippen molar-refractivity contribution in [3.8, 4) is 5.75 Å². The summed E-state index contributed by atoms with van der Waals surface area (Å²) in [5.41, 5.74) is 0.976. The van der Waals surface area contributed by atoms with Crippen molar-refractivity contribution in [2.24, 2.45) is 0 Å². The first-order valence-electron chi connectivity index (χ1n) is 6.06. The zero-order valence-electron chi connectivity index (χ0n) is 11.3. The fourth-order valence-electron chi connectivity index (χ4n) is 1.72. The van der Waals surface area contributed by atoms with Crippen LogP contribution in [0.25, 0.3) is 0 Å². The fourth-order valence-corrected chi connectivity index (χ4v) is 2.78. The average Bonchev–Trinajstić information content (AvgIpc) is 2.47. The topological polar surface area (TPSA) is 35.5 Å². The molecule has 0 amide bonds. The Morgan fingerprint density at radius 1 is 1.00 bits per heavy atom. The zero-order valence-corrected chi connectivity index (χ0v) is 14.4. The van der Waals surface area contributed by atoms with E-state index in [1.54, 1.807) is 18.2 Å². The van der Waals surface area contributed by atoms with Gasteiger partial charge >= 0.3 is 5.97 Å². The van der Waals surface area contributed by atoms with Crippen molar-refractivity contribution < 1.29 is 14.3 Å². The van der Waals surface area contributed by atoms with Gasteiger partial charge in [0, 0.05) is 15.6 Å². The van der Waals surface area contributed by atoms with Crippen LogP contribution in [0.5, 0.6) is 5.75 Å². The molecule has 0 fully saturated rings. The first-order valence-corrected chi connectivity index (χ1v) is 7.57. The molecule has 2 rings (SSSR count). The largest absolute Gasteiger partial charge is 0.486 e. The van der Waals surface area contributed by atoms with Crippen LogP contribution in [0.15, 0.2) is 30.3 Å². The number of hydrogen-bond donors (Lipinski definition) is 0. The molecule has 2 aromatic rings. The van der Waals surface area contributed by atoms with E-state index < -0.39 is 5.97 Å². The molecule has 0 N–H and O–H groups in total. The van der Waals surface area contributed by atoms with Crippen LogP contribution in [0.3, 0.4) is 0 Å². The zero-order chi connectivity index (χ0) is 16.3. The Hall–Kier alpha value is -1.13. The number of ether oxygens (including phenoxy) is 2. The molecule has 3 nitrogen and oxygen atoms in total. The van der Waals surface area contributed by atoms with Gasteiger partial charge in [-0.25, -0.2) is 4.79 Å². The van der Waals surface area contributed by atoms with Crippen LogP contribution in [0.1, 0.15) is 15.9 Å². The van der Waals surface area contributed by atoms with Gasteiger partial charge < -0.3 is 9.47 Å². The van der Waals surface area contributed by atoms with E-state index >= 15 is 0 Å². The van der Waals surface area contributed by atoms with Crippen molar-refractivity contribution in [1.29, 1.82) is 0 Å². The SMILES string of the molecule is COC(=O)c1cc(Cl)c(OCc2ccc(Cl)cc2Cl)c(Cl)c1. The van der Waals surface area contributed by atoms with E-state index in [4.69, 9.17) is 51.1 Å². The van der Waals surface area contributed by atoms with Gasteiger partial charge in [-0.3, -0.25) is 0 Å². The quantitative estimate of drug-likeness (QED) is 0.642. The molecule has 22 heavy (non-hydrogen) atoms. The van der Waals surface area contributed by atoms with Crippen LogP contribution in [-0.2, 0) is 11.3 Å². The number of hydrogen-bond acceptors (Lipinski definition) is 3. The maximum absolute atomic E-state index is 11.5. The molecule has 0 atom stereocenters. The molecule has 7 heteroatoms. The van der Waals surface area contributed by atoms with Crippen LogP contribution in [0, 0.1) is 0 Å². The molecule has 0 saturated heterocycles. The molecule has 0 radical (unpaired) electrons. The van der Waals surface area contributed by atoms with E-state index in [0.29, 0.717) is 10.0 Å². The standard InChI is InChI=1S/C15H10Cl4O3/c1-21-15(20)9-4-12(18)14(13(19)5-9)22-7-8-2-3-10(16)6-11(8)17/h2-6H,7H2,1H3. The van der Waals surface area contributed by atoms with Gasteiger partial charge in [0.2, 0.25) is 0 Å². The van der Waals surface area contributed by atoms with E-state index in [-0.39, 0.29) is 28.0 Å². The highest BCUT2D eigenvalue weighted by atomic mass is 35.5. The van der Waals surface area contributed by atoms with Crippen molar-refractivity contribution in [2.45, 2.75) is 6.61 Å². The summed E-state index contributed by atoms with van der Waals surface area (Å²) in [7, 11) is 1.27. The lowest BCUT2D eigenvalue weighted by atomic mass is 10.2. The Morgan fingerprint density at radius 3 is 2.18 bits per heavy atom. The lowest BCUT2D eigenvalue weighted by Crippen LogP contribution is -2.03. The minimum atomic E-state index is -0.531. The lowest BCUT2D eigenvalue weighted by Gasteiger charge is -2.12. The molecule has 0 unspecified atom stereocenters. The summed E-state index contributed by atoms with van der Waals surface area (Å²) in [6.45, 7) is 0.160. The number of methoxy groups -OCH3 is 1. The molecular formula is C15H10Cl4O3. The summed E-state index contributed by atoms with van der Waals surface area (Å²) in [5.74, 6) is -0.266. The monoisotopic (exact) mass is 378 g/mol. The van der Waals surface area contributed by atoms with Gasteiger partial charge in [-0.2, -0.15) is 0 Å². The first-order chi connectivity index (χ1) is 10.4. The maximum atomic E-state index is 11.5. The van der Waals surface area contributed by atoms with Crippen LogP contribution in [0.4, 0.5) is 0 Å². The van der Waals surface area contributed by atoms with E-state index in [9.17, 15) is 4.79 Å². The number of rotatable bonds is 4. The molecule has 0 spiro atoms. The third-order valence-corrected chi connectivity index (χ3v) is 3.95. The molecule has 0 aliphatic carbocycles. The summed E-state index contributed by atoms with van der Waals surface area (Å²) in [6, 6.07) is 7.92. The Labute approximate surface area is 147 Å². The normalized spacial score (nSPS) is 10.4. The summed E-state index contributed by atoms with van der Waals surface area (Å²) in [5, 5.41) is 1.43. The molecule has 0 aliphatic rings. The Morgan fingerprint density at radius 2 is 1.64 bits per heavy atom. The van der Waals surface area contributed by atoms with Gasteiger partial charge in [-0.1, -0.05) is 52.5 Å². The summed E-state index contributed by atoms with van der Waals surface area (Å²) >= 11 is 24.1. The van der Waals surface area contributed by atoms with Crippen LogP contribution < -0.4 is 4.74 Å². The Balaban J connectivity index is 2.21. The Bertz CT molecular complexity index is 693. The van der Waals surface area contributed by atoms with E-state index in [0.717, 1.165) is 5.56 Å². The smallest absolute Gasteiger partial charge is 0.337 e. The number of benzene rings is 2. The van der Waals surface area contributed by atoms with Crippen molar-refractivity contribution >= 4 is 52.4 Å². The number of carbonyl (C=O) groups excluding carboxylic acids is 1. The lowest BCUT2D eigenvalue weighted by molar-refractivity contribution is 0.0600. The van der Waals surface area contributed by atoms with Crippen molar-refractivity contribution in [3.05, 3.63) is 61.5 Å². The average molecular weight is 380 g/mol. The molecule has 2 aromatic carbocycles. The van der Waals surface area contributed by atoms with E-state index in [1.165, 1.54) is 19.2 Å². The van der Waals surface area contributed by atoms with Gasteiger partial charge in [0.15, 0.2) is 5.75 Å². The first kappa shape index (κ1) is 17.2. The Kier molecular flexibility index (Phi) is 5.81. The highest BCUT2D eigenvalue weighted by Crippen LogP contribution is 2.35. The second kappa shape index (κ2) is 7.42. The van der Waals surface area contributed by atoms with Gasteiger partial charge in [0.05, 0.1) is 22.7 Å². The fraction of sp³-hybridized carbons (Fsp3) is 0.133. The second-order valence-corrected chi connectivity index (χ2v) is 5.94. The van der Waals surface area contributed by atoms with Crippen LogP contribution >= 0.6 is 46.4 Å². The summed E-state index contributed by atoms with van der Waals surface area (Å²) in [6.07, 6.45) is 0. The molecule has 0 saturated carbocycles. The van der Waals surface area contributed by atoms with Gasteiger partial charge in [0.1, 0.15) is 6.61 Å². The molecule has 0 aliphatic heterocycles. The molecular weight excluding hydrogens is 370 g/mol. The van der Waals surface area contributed by atoms with E-state index in [1.807, 2.05) is 0 Å². The molecule has 0 bridgehead atoms. The third-order valence-electron chi connectivity index (χ3n) is 2.81. The summed E-state index contributed by atoms with van der Waals surface area (Å²) < 4.78 is 10.2. The second-order valence-electron chi connectivity index (χ2n) is 4.29. The number of carbonyl (C=O) groups is 1. The van der Waals surface area contributed by atoms with Gasteiger partial charge in [0.25, 0.3) is 0 Å². The highest BCUT2D eigenvalue weighted by molar-refractivity contribution is 6.37. The third kappa shape index (κ3) is 3.99. The van der Waals surface area contributed by atoms with Crippen LogP contribution in [-0.4, -0.2) is 13.1 Å². The van der Waals surface area contributed by atoms with Crippen molar-refractivity contribution in [2.75, 3.05) is 7.11 Å². The highest BCUT2D eigenvalue weighted by Gasteiger charge is 2.15. The van der Waals surface area contributed by atoms with Crippen molar-refractivity contribution in [3.63, 3.8) is 0 Å². The molecule has 0 heterocycles. The van der Waals surface area contributed by atoms with Crippen LogP contribution in [0.2, 0.25) is 20.1 Å².